The molecule has 2 aromatic rings. The Morgan fingerprint density at radius 1 is 1.18 bits per heavy atom. The van der Waals surface area contributed by atoms with Gasteiger partial charge >= 0.3 is 0 Å². The number of nitrogens with zero attached hydrogens (tertiary/aromatic N) is 1. The van der Waals surface area contributed by atoms with Crippen LogP contribution in [-0.2, 0) is 23.2 Å². The van der Waals surface area contributed by atoms with E-state index in [4.69, 9.17) is 21.5 Å². The summed E-state index contributed by atoms with van der Waals surface area (Å²) in [4.78, 5) is 0.585. The lowest BCUT2D eigenvalue weighted by Gasteiger charge is -2.29. The number of nitrogens with one attached hydrogen (secondary N) is 1. The van der Waals surface area contributed by atoms with Gasteiger partial charge in [-0.15, -0.1) is 0 Å². The highest BCUT2D eigenvalue weighted by Crippen LogP contribution is 2.38. The van der Waals surface area contributed by atoms with Gasteiger partial charge in [-0.25, -0.2) is 17.9 Å². The monoisotopic (exact) mass is 445 g/mol. The number of fused-ring (bicyclic) bond motifs is 1. The van der Waals surface area contributed by atoms with Gasteiger partial charge in [-0.05, 0) is 47.3 Å². The lowest BCUT2D eigenvalue weighted by Crippen LogP contribution is -2.30. The lowest BCUT2D eigenvalue weighted by atomic mass is 10.1. The molecule has 0 saturated heterocycles. The molecule has 11 heteroatoms. The molecule has 0 atom stereocenters. The third-order valence-electron chi connectivity index (χ3n) is 4.01. The number of sulfonamides is 1. The molecule has 28 heavy (non-hydrogen) atoms. The molecule has 1 heterocycles. The van der Waals surface area contributed by atoms with Crippen LogP contribution >= 0.6 is 23.5 Å². The van der Waals surface area contributed by atoms with Crippen molar-refractivity contribution in [2.45, 2.75) is 23.0 Å². The standard InChI is InChI=1S/C17H20ClN3O5S2/c18-14-6-15-16(7-17(14)28(19,24)25)27-21(10-20-15)1-2-26-13-4-11(8-22)3-12(5-13)9-23/h3-7,20,22-23H,1-2,8-10H2,(H2,19,24,25). The van der Waals surface area contributed by atoms with Crippen LogP contribution in [-0.4, -0.2) is 42.8 Å². The molecule has 152 valence electrons. The summed E-state index contributed by atoms with van der Waals surface area (Å²) in [6, 6.07) is 8.15. The van der Waals surface area contributed by atoms with Crippen LogP contribution in [0.3, 0.4) is 0 Å². The van der Waals surface area contributed by atoms with Gasteiger partial charge in [0.15, 0.2) is 0 Å². The van der Waals surface area contributed by atoms with Gasteiger partial charge in [0, 0.05) is 11.4 Å². The average molecular weight is 446 g/mol. The third-order valence-corrected chi connectivity index (χ3v) is 6.49. The Labute approximate surface area is 172 Å². The summed E-state index contributed by atoms with van der Waals surface area (Å²) in [6.07, 6.45) is 0. The summed E-state index contributed by atoms with van der Waals surface area (Å²) in [7, 11) is -3.91. The van der Waals surface area contributed by atoms with E-state index in [0.29, 0.717) is 41.6 Å². The zero-order valence-electron chi connectivity index (χ0n) is 14.8. The quantitative estimate of drug-likeness (QED) is 0.475. The Kier molecular flexibility index (Phi) is 6.71. The lowest BCUT2D eigenvalue weighted by molar-refractivity contribution is 0.266. The van der Waals surface area contributed by atoms with Crippen molar-refractivity contribution < 1.29 is 23.4 Å². The van der Waals surface area contributed by atoms with Crippen molar-refractivity contribution in [1.29, 1.82) is 0 Å². The van der Waals surface area contributed by atoms with Crippen molar-refractivity contribution in [3.8, 4) is 5.75 Å². The van der Waals surface area contributed by atoms with Gasteiger partial charge in [0.1, 0.15) is 17.3 Å². The van der Waals surface area contributed by atoms with Gasteiger partial charge in [0.25, 0.3) is 0 Å². The Morgan fingerprint density at radius 3 is 2.46 bits per heavy atom. The van der Waals surface area contributed by atoms with Crippen LogP contribution in [0.2, 0.25) is 5.02 Å². The van der Waals surface area contributed by atoms with Gasteiger partial charge in [-0.2, -0.15) is 0 Å². The molecule has 3 rings (SSSR count). The highest BCUT2D eigenvalue weighted by atomic mass is 35.5. The average Bonchev–Trinajstić information content (AvgIpc) is 2.66. The molecular weight excluding hydrogens is 426 g/mol. The molecule has 5 N–H and O–H groups in total. The number of anilines is 1. The Morgan fingerprint density at radius 2 is 1.86 bits per heavy atom. The summed E-state index contributed by atoms with van der Waals surface area (Å²) >= 11 is 7.38. The maximum absolute atomic E-state index is 11.6. The fraction of sp³-hybridized carbons (Fsp3) is 0.294. The SMILES string of the molecule is NS(=O)(=O)c1cc2c(cc1Cl)NCN(CCOc1cc(CO)cc(CO)c1)S2. The Bertz CT molecular complexity index is 949. The van der Waals surface area contributed by atoms with E-state index >= 15 is 0 Å². The van der Waals surface area contributed by atoms with Crippen molar-refractivity contribution >= 4 is 39.3 Å². The van der Waals surface area contributed by atoms with Crippen LogP contribution in [0.25, 0.3) is 0 Å². The maximum Gasteiger partial charge on any atom is 0.239 e. The Balaban J connectivity index is 1.64. The first-order valence-electron chi connectivity index (χ1n) is 8.30. The van der Waals surface area contributed by atoms with Crippen LogP contribution in [0.5, 0.6) is 5.75 Å². The van der Waals surface area contributed by atoms with Crippen LogP contribution in [0.15, 0.2) is 40.1 Å². The highest BCUT2D eigenvalue weighted by molar-refractivity contribution is 7.97. The Hall–Kier alpha value is -1.53. The number of nitrogens with two attached hydrogens (primary N) is 1. The number of hydrogen-bond donors (Lipinski definition) is 4. The first-order chi connectivity index (χ1) is 13.3. The van der Waals surface area contributed by atoms with Crippen molar-refractivity contribution in [2.24, 2.45) is 5.14 Å². The van der Waals surface area contributed by atoms with Gasteiger partial charge < -0.3 is 20.3 Å². The van der Waals surface area contributed by atoms with Gasteiger partial charge in [0.05, 0.1) is 30.6 Å². The van der Waals surface area contributed by atoms with E-state index in [9.17, 15) is 18.6 Å². The summed E-state index contributed by atoms with van der Waals surface area (Å²) in [6.45, 7) is 1.15. The van der Waals surface area contributed by atoms with Crippen LogP contribution in [0.4, 0.5) is 5.69 Å². The summed E-state index contributed by atoms with van der Waals surface area (Å²) in [5, 5.41) is 27.0. The summed E-state index contributed by atoms with van der Waals surface area (Å²) in [5.41, 5.74) is 2.07. The van der Waals surface area contributed by atoms with Crippen LogP contribution in [0, 0.1) is 0 Å². The normalized spacial score (nSPS) is 14.4. The maximum atomic E-state index is 11.6. The molecule has 0 unspecified atom stereocenters. The zero-order chi connectivity index (χ0) is 20.3. The zero-order valence-corrected chi connectivity index (χ0v) is 17.1. The fourth-order valence-electron chi connectivity index (χ4n) is 2.70. The number of halogens is 1. The fourth-order valence-corrected chi connectivity index (χ4v) is 4.84. The van der Waals surface area contributed by atoms with Crippen molar-refractivity contribution in [2.75, 3.05) is 25.1 Å². The minimum Gasteiger partial charge on any atom is -0.492 e. The summed E-state index contributed by atoms with van der Waals surface area (Å²) in [5.74, 6) is 0.564. The number of benzene rings is 2. The number of rotatable bonds is 7. The topological polar surface area (TPSA) is 125 Å². The second kappa shape index (κ2) is 8.87. The second-order valence-corrected chi connectivity index (χ2v) is 9.18. The van der Waals surface area contributed by atoms with E-state index in [-0.39, 0.29) is 23.1 Å². The largest absolute Gasteiger partial charge is 0.492 e. The molecule has 1 aliphatic heterocycles. The first-order valence-corrected chi connectivity index (χ1v) is 11.0. The first kappa shape index (κ1) is 21.2. The van der Waals surface area contributed by atoms with Crippen LogP contribution < -0.4 is 15.2 Å². The molecule has 0 aliphatic carbocycles. The molecule has 0 amide bonds. The van der Waals surface area contributed by atoms with Crippen molar-refractivity contribution in [3.63, 3.8) is 0 Å². The minimum absolute atomic E-state index is 0.0783. The molecule has 1 aliphatic rings. The number of aliphatic hydroxyl groups is 2. The molecule has 0 radical (unpaired) electrons. The van der Waals surface area contributed by atoms with Crippen molar-refractivity contribution in [1.82, 2.24) is 4.31 Å². The third kappa shape index (κ3) is 5.09. The van der Waals surface area contributed by atoms with E-state index in [2.05, 4.69) is 5.32 Å². The smallest absolute Gasteiger partial charge is 0.239 e. The second-order valence-electron chi connectivity index (χ2n) is 6.11. The molecule has 0 spiro atoms. The van der Waals surface area contributed by atoms with Gasteiger partial charge in [-0.3, -0.25) is 0 Å². The predicted molar refractivity (Wildman–Crippen MR) is 108 cm³/mol. The van der Waals surface area contributed by atoms with Gasteiger partial charge in [0.2, 0.25) is 10.0 Å². The molecule has 0 bridgehead atoms. The molecule has 2 aromatic carbocycles. The number of aliphatic hydroxyl groups excluding tert-OH is 2. The molecule has 8 nitrogen and oxygen atoms in total. The molecule has 0 saturated carbocycles. The molecule has 0 fully saturated rings. The van der Waals surface area contributed by atoms with Crippen LogP contribution in [0.1, 0.15) is 11.1 Å². The van der Waals surface area contributed by atoms with E-state index in [1.807, 2.05) is 4.31 Å². The molecule has 0 aromatic heterocycles. The van der Waals surface area contributed by atoms with E-state index < -0.39 is 10.0 Å². The van der Waals surface area contributed by atoms with Crippen molar-refractivity contribution in [3.05, 3.63) is 46.5 Å². The summed E-state index contributed by atoms with van der Waals surface area (Å²) < 4.78 is 31.0. The number of primary sulfonamides is 1. The minimum atomic E-state index is -3.91. The van der Waals surface area contributed by atoms with E-state index in [1.54, 1.807) is 24.3 Å². The van der Waals surface area contributed by atoms with E-state index in [0.717, 1.165) is 5.69 Å². The molecular formula is C17H20ClN3O5S2. The van der Waals surface area contributed by atoms with Gasteiger partial charge in [-0.1, -0.05) is 17.7 Å². The number of ether oxygens (including phenoxy) is 1. The highest BCUT2D eigenvalue weighted by Gasteiger charge is 2.22. The van der Waals surface area contributed by atoms with E-state index in [1.165, 1.54) is 18.0 Å². The predicted octanol–water partition coefficient (Wildman–Crippen LogP) is 1.74. The number of hydrogen-bond acceptors (Lipinski definition) is 8.